The van der Waals surface area contributed by atoms with Gasteiger partial charge < -0.3 is 9.64 Å². The van der Waals surface area contributed by atoms with Crippen molar-refractivity contribution in [1.29, 1.82) is 0 Å². The summed E-state index contributed by atoms with van der Waals surface area (Å²) in [5, 5.41) is 0.0423. The molecule has 0 spiro atoms. The number of hydrogen-bond donors (Lipinski definition) is 0. The lowest BCUT2D eigenvalue weighted by atomic mass is 10.0. The van der Waals surface area contributed by atoms with Crippen LogP contribution < -0.4 is 0 Å². The highest BCUT2D eigenvalue weighted by Gasteiger charge is 2.38. The van der Waals surface area contributed by atoms with Gasteiger partial charge in [-0.05, 0) is 31.5 Å². The molecule has 1 aromatic carbocycles. The van der Waals surface area contributed by atoms with Crippen LogP contribution in [0.2, 0.25) is 5.02 Å². The number of rotatable bonds is 2. The van der Waals surface area contributed by atoms with Gasteiger partial charge in [-0.2, -0.15) is 0 Å². The van der Waals surface area contributed by atoms with Gasteiger partial charge in [0.1, 0.15) is 11.9 Å². The summed E-state index contributed by atoms with van der Waals surface area (Å²) < 4.78 is 18.3. The second kappa shape index (κ2) is 4.53. The predicted molar refractivity (Wildman–Crippen MR) is 62.5 cm³/mol. The molecule has 0 saturated carbocycles. The van der Waals surface area contributed by atoms with E-state index in [1.54, 1.807) is 11.0 Å². The van der Waals surface area contributed by atoms with Crippen LogP contribution in [0.15, 0.2) is 18.2 Å². The standard InChI is InChI=1S/C12H13ClFNO2/c1-3-15-7(2)11(17-12(15)16)8-4-5-10(14)9(13)6-8/h4-7,11H,3H2,1-2H3/t7-,11-/m0/s1. The second-order valence-corrected chi connectivity index (χ2v) is 4.41. The van der Waals surface area contributed by atoms with Gasteiger partial charge in [0.05, 0.1) is 11.1 Å². The van der Waals surface area contributed by atoms with E-state index in [0.29, 0.717) is 12.1 Å². The third-order valence-electron chi connectivity index (χ3n) is 3.00. The lowest BCUT2D eigenvalue weighted by Gasteiger charge is -2.19. The van der Waals surface area contributed by atoms with Crippen LogP contribution in [0.1, 0.15) is 25.5 Å². The Hall–Kier alpha value is -1.29. The number of amides is 1. The van der Waals surface area contributed by atoms with Crippen molar-refractivity contribution in [3.63, 3.8) is 0 Å². The van der Waals surface area contributed by atoms with Crippen molar-refractivity contribution in [2.75, 3.05) is 6.54 Å². The molecule has 0 radical (unpaired) electrons. The molecular weight excluding hydrogens is 245 g/mol. The van der Waals surface area contributed by atoms with Crippen LogP contribution in [0.3, 0.4) is 0 Å². The Morgan fingerprint density at radius 2 is 2.24 bits per heavy atom. The maximum Gasteiger partial charge on any atom is 0.410 e. The molecule has 2 atom stereocenters. The van der Waals surface area contributed by atoms with E-state index in [1.807, 2.05) is 13.8 Å². The van der Waals surface area contributed by atoms with Crippen LogP contribution in [0, 0.1) is 5.82 Å². The second-order valence-electron chi connectivity index (χ2n) is 4.00. The van der Waals surface area contributed by atoms with E-state index < -0.39 is 5.82 Å². The minimum absolute atomic E-state index is 0.0423. The largest absolute Gasteiger partial charge is 0.439 e. The van der Waals surface area contributed by atoms with Gasteiger partial charge in [0.2, 0.25) is 0 Å². The van der Waals surface area contributed by atoms with Gasteiger partial charge in [-0.15, -0.1) is 0 Å². The summed E-state index contributed by atoms with van der Waals surface area (Å²) in [7, 11) is 0. The minimum Gasteiger partial charge on any atom is -0.439 e. The molecule has 1 saturated heterocycles. The smallest absolute Gasteiger partial charge is 0.410 e. The van der Waals surface area contributed by atoms with Crippen LogP contribution in [-0.4, -0.2) is 23.6 Å². The van der Waals surface area contributed by atoms with Crippen molar-refractivity contribution in [3.05, 3.63) is 34.6 Å². The van der Waals surface area contributed by atoms with Crippen molar-refractivity contribution in [1.82, 2.24) is 4.90 Å². The zero-order valence-corrected chi connectivity index (χ0v) is 10.4. The first-order valence-electron chi connectivity index (χ1n) is 5.46. The molecule has 1 aromatic rings. The summed E-state index contributed by atoms with van der Waals surface area (Å²) in [6.45, 7) is 4.37. The Bertz CT molecular complexity index is 452. The molecule has 1 aliphatic rings. The molecule has 0 N–H and O–H groups in total. The third kappa shape index (κ3) is 2.09. The molecule has 0 bridgehead atoms. The molecule has 0 aliphatic carbocycles. The van der Waals surface area contributed by atoms with Crippen molar-refractivity contribution in [3.8, 4) is 0 Å². The van der Waals surface area contributed by atoms with E-state index in [9.17, 15) is 9.18 Å². The highest BCUT2D eigenvalue weighted by Crippen LogP contribution is 2.33. The van der Waals surface area contributed by atoms with Gasteiger partial charge >= 0.3 is 6.09 Å². The van der Waals surface area contributed by atoms with E-state index in [4.69, 9.17) is 16.3 Å². The molecule has 92 valence electrons. The van der Waals surface area contributed by atoms with Gasteiger partial charge in [0, 0.05) is 6.54 Å². The molecule has 1 aliphatic heterocycles. The van der Waals surface area contributed by atoms with Crippen LogP contribution in [0.25, 0.3) is 0 Å². The Balaban J connectivity index is 2.29. The molecule has 0 unspecified atom stereocenters. The summed E-state index contributed by atoms with van der Waals surface area (Å²) in [5.74, 6) is -0.472. The van der Waals surface area contributed by atoms with Crippen LogP contribution in [-0.2, 0) is 4.74 Å². The van der Waals surface area contributed by atoms with E-state index in [2.05, 4.69) is 0 Å². The molecule has 1 fully saturated rings. The Morgan fingerprint density at radius 3 is 2.76 bits per heavy atom. The fourth-order valence-corrected chi connectivity index (χ4v) is 2.25. The molecule has 0 aromatic heterocycles. The molecule has 3 nitrogen and oxygen atoms in total. The van der Waals surface area contributed by atoms with Gasteiger partial charge in [-0.1, -0.05) is 17.7 Å². The van der Waals surface area contributed by atoms with Gasteiger partial charge in [0.15, 0.2) is 0 Å². The van der Waals surface area contributed by atoms with Gasteiger partial charge in [0.25, 0.3) is 0 Å². The molecule has 1 amide bonds. The topological polar surface area (TPSA) is 29.5 Å². The van der Waals surface area contributed by atoms with Crippen molar-refractivity contribution in [2.45, 2.75) is 26.0 Å². The van der Waals surface area contributed by atoms with Crippen LogP contribution in [0.4, 0.5) is 9.18 Å². The first kappa shape index (κ1) is 12.2. The lowest BCUT2D eigenvalue weighted by Crippen LogP contribution is -2.31. The van der Waals surface area contributed by atoms with E-state index >= 15 is 0 Å². The van der Waals surface area contributed by atoms with Crippen molar-refractivity contribution >= 4 is 17.7 Å². The monoisotopic (exact) mass is 257 g/mol. The Morgan fingerprint density at radius 1 is 1.53 bits per heavy atom. The van der Waals surface area contributed by atoms with Gasteiger partial charge in [-0.3, -0.25) is 0 Å². The Kier molecular flexibility index (Phi) is 3.24. The van der Waals surface area contributed by atoms with E-state index in [0.717, 1.165) is 0 Å². The summed E-state index contributed by atoms with van der Waals surface area (Å²) in [5.41, 5.74) is 0.716. The number of cyclic esters (lactones) is 1. The van der Waals surface area contributed by atoms with Crippen LogP contribution >= 0.6 is 11.6 Å². The van der Waals surface area contributed by atoms with Gasteiger partial charge in [-0.25, -0.2) is 9.18 Å². The number of halogens is 2. The molecule has 17 heavy (non-hydrogen) atoms. The average molecular weight is 258 g/mol. The highest BCUT2D eigenvalue weighted by atomic mass is 35.5. The summed E-state index contributed by atoms with van der Waals surface area (Å²) in [6, 6.07) is 4.31. The number of carbonyl (C=O) groups is 1. The predicted octanol–water partition coefficient (Wildman–Crippen LogP) is 3.38. The lowest BCUT2D eigenvalue weighted by molar-refractivity contribution is 0.131. The number of carbonyl (C=O) groups excluding carboxylic acids is 1. The van der Waals surface area contributed by atoms with Crippen molar-refractivity contribution < 1.29 is 13.9 Å². The zero-order valence-electron chi connectivity index (χ0n) is 9.61. The van der Waals surface area contributed by atoms with E-state index in [-0.39, 0.29) is 23.3 Å². The molecule has 2 rings (SSSR count). The normalized spacial score (nSPS) is 24.0. The summed E-state index contributed by atoms with van der Waals surface area (Å²) >= 11 is 5.72. The molecule has 1 heterocycles. The highest BCUT2D eigenvalue weighted by molar-refractivity contribution is 6.30. The molecule has 5 heteroatoms. The number of benzene rings is 1. The SMILES string of the molecule is CCN1C(=O)O[C@H](c2ccc(F)c(Cl)c2)[C@@H]1C. The number of nitrogens with zero attached hydrogens (tertiary/aromatic N) is 1. The zero-order chi connectivity index (χ0) is 12.6. The third-order valence-corrected chi connectivity index (χ3v) is 3.29. The van der Waals surface area contributed by atoms with E-state index in [1.165, 1.54) is 12.1 Å². The molecular formula is C12H13ClFNO2. The first-order chi connectivity index (χ1) is 8.04. The summed E-state index contributed by atoms with van der Waals surface area (Å²) in [4.78, 5) is 13.2. The maximum absolute atomic E-state index is 13.1. The van der Waals surface area contributed by atoms with Crippen molar-refractivity contribution in [2.24, 2.45) is 0 Å². The summed E-state index contributed by atoms with van der Waals surface area (Å²) in [6.07, 6.45) is -0.731. The minimum atomic E-state index is -0.472. The number of hydrogen-bond acceptors (Lipinski definition) is 2. The fourth-order valence-electron chi connectivity index (χ4n) is 2.06. The maximum atomic E-state index is 13.1. The van der Waals surface area contributed by atoms with Crippen LogP contribution in [0.5, 0.6) is 0 Å². The fraction of sp³-hybridized carbons (Fsp3) is 0.417. The quantitative estimate of drug-likeness (QED) is 0.813. The Labute approximate surface area is 104 Å². The first-order valence-corrected chi connectivity index (χ1v) is 5.84. The number of ether oxygens (including phenoxy) is 1. The average Bonchev–Trinajstić information content (AvgIpc) is 2.58. The number of likely N-dealkylation sites (N-methyl/N-ethyl adjacent to an activating group) is 1.